The zero-order valence-corrected chi connectivity index (χ0v) is 11.7. The lowest BCUT2D eigenvalue weighted by atomic mass is 10.3. The predicted octanol–water partition coefficient (Wildman–Crippen LogP) is 2.06. The first-order valence-corrected chi connectivity index (χ1v) is 6.50. The van der Waals surface area contributed by atoms with Crippen LogP contribution in [0.3, 0.4) is 0 Å². The van der Waals surface area contributed by atoms with Crippen LogP contribution in [-0.4, -0.2) is 30.4 Å². The summed E-state index contributed by atoms with van der Waals surface area (Å²) in [6, 6.07) is 12.0. The van der Waals surface area contributed by atoms with E-state index in [1.165, 1.54) is 0 Å². The van der Waals surface area contributed by atoms with Gasteiger partial charge in [0.25, 0.3) is 0 Å². The first-order chi connectivity index (χ1) is 10.1. The van der Waals surface area contributed by atoms with E-state index in [2.05, 4.69) is 10.6 Å². The minimum Gasteiger partial charge on any atom is -0.468 e. The van der Waals surface area contributed by atoms with Gasteiger partial charge in [-0.05, 0) is 31.3 Å². The fraction of sp³-hybridized carbons (Fsp3) is 0.200. The molecule has 0 atom stereocenters. The number of urea groups is 1. The van der Waals surface area contributed by atoms with Gasteiger partial charge in [-0.25, -0.2) is 4.79 Å². The summed E-state index contributed by atoms with van der Waals surface area (Å²) in [5, 5.41) is 4.86. The van der Waals surface area contributed by atoms with Gasteiger partial charge in [0, 0.05) is 5.69 Å². The molecular weight excluding hydrogens is 270 g/mol. The van der Waals surface area contributed by atoms with Gasteiger partial charge in [0.05, 0.1) is 19.4 Å². The first-order valence-electron chi connectivity index (χ1n) is 6.50. The number of anilines is 1. The van der Waals surface area contributed by atoms with E-state index in [4.69, 9.17) is 4.42 Å². The van der Waals surface area contributed by atoms with E-state index >= 15 is 0 Å². The number of carbonyl (C=O) groups excluding carboxylic acids is 2. The highest BCUT2D eigenvalue weighted by Gasteiger charge is 2.11. The maximum absolute atomic E-state index is 11.7. The van der Waals surface area contributed by atoms with Gasteiger partial charge in [0.2, 0.25) is 5.91 Å². The number of amides is 3. The molecule has 0 saturated carbocycles. The number of rotatable bonds is 5. The SMILES string of the molecule is CN(CC(=O)NC(=O)Nc1ccccc1)Cc1ccco1. The average molecular weight is 287 g/mol. The monoisotopic (exact) mass is 287 g/mol. The number of benzene rings is 1. The molecule has 0 fully saturated rings. The number of hydrogen-bond donors (Lipinski definition) is 2. The highest BCUT2D eigenvalue weighted by Crippen LogP contribution is 2.05. The summed E-state index contributed by atoms with van der Waals surface area (Å²) in [6.45, 7) is 0.601. The second-order valence-corrected chi connectivity index (χ2v) is 4.62. The van der Waals surface area contributed by atoms with Crippen molar-refractivity contribution in [3.63, 3.8) is 0 Å². The Morgan fingerprint density at radius 3 is 2.57 bits per heavy atom. The Bertz CT molecular complexity index is 581. The van der Waals surface area contributed by atoms with Crippen molar-refractivity contribution in [2.24, 2.45) is 0 Å². The predicted molar refractivity (Wildman–Crippen MR) is 78.6 cm³/mol. The largest absolute Gasteiger partial charge is 0.468 e. The standard InChI is InChI=1S/C15H17N3O3/c1-18(10-13-8-5-9-21-13)11-14(19)17-15(20)16-12-6-3-2-4-7-12/h2-9H,10-11H2,1H3,(H2,16,17,19,20). The van der Waals surface area contributed by atoms with Crippen molar-refractivity contribution in [2.75, 3.05) is 18.9 Å². The molecule has 0 radical (unpaired) electrons. The summed E-state index contributed by atoms with van der Waals surface area (Å²) in [5.74, 6) is 0.386. The van der Waals surface area contributed by atoms with Crippen molar-refractivity contribution in [3.05, 3.63) is 54.5 Å². The quantitative estimate of drug-likeness (QED) is 0.882. The molecule has 2 aromatic rings. The minimum absolute atomic E-state index is 0.100. The number of imide groups is 1. The van der Waals surface area contributed by atoms with Crippen LogP contribution in [0.1, 0.15) is 5.76 Å². The van der Waals surface area contributed by atoms with Crippen molar-refractivity contribution in [1.82, 2.24) is 10.2 Å². The van der Waals surface area contributed by atoms with Crippen LogP contribution in [0.15, 0.2) is 53.1 Å². The summed E-state index contributed by atoms with van der Waals surface area (Å²) in [4.78, 5) is 25.1. The minimum atomic E-state index is -0.544. The Morgan fingerprint density at radius 1 is 1.14 bits per heavy atom. The summed E-state index contributed by atoms with van der Waals surface area (Å²) in [6.07, 6.45) is 1.58. The number of nitrogens with one attached hydrogen (secondary N) is 2. The number of furan rings is 1. The molecule has 0 unspecified atom stereocenters. The fourth-order valence-corrected chi connectivity index (χ4v) is 1.82. The molecule has 6 heteroatoms. The third kappa shape index (κ3) is 5.12. The van der Waals surface area contributed by atoms with E-state index in [-0.39, 0.29) is 12.5 Å². The van der Waals surface area contributed by atoms with Crippen molar-refractivity contribution in [1.29, 1.82) is 0 Å². The van der Waals surface area contributed by atoms with Gasteiger partial charge in [-0.2, -0.15) is 0 Å². The summed E-state index contributed by atoms with van der Waals surface area (Å²) < 4.78 is 5.19. The Morgan fingerprint density at radius 2 is 1.90 bits per heavy atom. The molecule has 3 amide bonds. The topological polar surface area (TPSA) is 74.6 Å². The molecular formula is C15H17N3O3. The molecule has 2 rings (SSSR count). The third-order valence-electron chi connectivity index (χ3n) is 2.70. The van der Waals surface area contributed by atoms with Crippen LogP contribution in [0.2, 0.25) is 0 Å². The molecule has 1 heterocycles. The second kappa shape index (κ2) is 7.25. The van der Waals surface area contributed by atoms with Gasteiger partial charge in [-0.1, -0.05) is 18.2 Å². The number of para-hydroxylation sites is 1. The van der Waals surface area contributed by atoms with E-state index in [0.29, 0.717) is 12.2 Å². The molecule has 1 aromatic heterocycles. The molecule has 0 aliphatic heterocycles. The average Bonchev–Trinajstić information content (AvgIpc) is 2.91. The summed E-state index contributed by atoms with van der Waals surface area (Å²) >= 11 is 0. The van der Waals surface area contributed by atoms with Gasteiger partial charge >= 0.3 is 6.03 Å². The Balaban J connectivity index is 1.74. The fourth-order valence-electron chi connectivity index (χ4n) is 1.82. The van der Waals surface area contributed by atoms with Crippen LogP contribution in [0.5, 0.6) is 0 Å². The molecule has 6 nitrogen and oxygen atoms in total. The lowest BCUT2D eigenvalue weighted by Gasteiger charge is -2.14. The molecule has 0 bridgehead atoms. The van der Waals surface area contributed by atoms with E-state index in [0.717, 1.165) is 5.76 Å². The van der Waals surface area contributed by atoms with Crippen molar-refractivity contribution >= 4 is 17.6 Å². The Hall–Kier alpha value is -2.60. The molecule has 110 valence electrons. The van der Waals surface area contributed by atoms with Crippen LogP contribution in [-0.2, 0) is 11.3 Å². The number of hydrogen-bond acceptors (Lipinski definition) is 4. The lowest BCUT2D eigenvalue weighted by Crippen LogP contribution is -2.40. The smallest absolute Gasteiger partial charge is 0.325 e. The van der Waals surface area contributed by atoms with Crippen LogP contribution in [0.25, 0.3) is 0 Å². The normalized spacial score (nSPS) is 10.4. The Labute approximate surface area is 122 Å². The molecule has 1 aromatic carbocycles. The zero-order chi connectivity index (χ0) is 15.1. The molecule has 0 spiro atoms. The van der Waals surface area contributed by atoms with E-state index < -0.39 is 6.03 Å². The Kier molecular flexibility index (Phi) is 5.11. The van der Waals surface area contributed by atoms with Crippen LogP contribution >= 0.6 is 0 Å². The highest BCUT2D eigenvalue weighted by molar-refractivity contribution is 6.01. The number of nitrogens with zero attached hydrogens (tertiary/aromatic N) is 1. The van der Waals surface area contributed by atoms with Crippen molar-refractivity contribution < 1.29 is 14.0 Å². The molecule has 0 saturated heterocycles. The number of carbonyl (C=O) groups is 2. The van der Waals surface area contributed by atoms with E-state index in [1.807, 2.05) is 12.1 Å². The zero-order valence-electron chi connectivity index (χ0n) is 11.7. The molecule has 2 N–H and O–H groups in total. The maximum atomic E-state index is 11.7. The van der Waals surface area contributed by atoms with Gasteiger partial charge in [0.15, 0.2) is 0 Å². The van der Waals surface area contributed by atoms with Crippen LogP contribution in [0.4, 0.5) is 10.5 Å². The van der Waals surface area contributed by atoms with Crippen LogP contribution < -0.4 is 10.6 Å². The van der Waals surface area contributed by atoms with Gasteiger partial charge in [-0.15, -0.1) is 0 Å². The highest BCUT2D eigenvalue weighted by atomic mass is 16.3. The van der Waals surface area contributed by atoms with E-state index in [9.17, 15) is 9.59 Å². The van der Waals surface area contributed by atoms with Gasteiger partial charge < -0.3 is 9.73 Å². The van der Waals surface area contributed by atoms with E-state index in [1.54, 1.807) is 48.5 Å². The lowest BCUT2D eigenvalue weighted by molar-refractivity contribution is -0.120. The third-order valence-corrected chi connectivity index (χ3v) is 2.70. The summed E-state index contributed by atoms with van der Waals surface area (Å²) in [7, 11) is 1.78. The number of likely N-dealkylation sites (N-methyl/N-ethyl adjacent to an activating group) is 1. The van der Waals surface area contributed by atoms with Crippen molar-refractivity contribution in [3.8, 4) is 0 Å². The van der Waals surface area contributed by atoms with Crippen LogP contribution in [0, 0.1) is 0 Å². The summed E-state index contributed by atoms with van der Waals surface area (Å²) in [5.41, 5.74) is 0.631. The maximum Gasteiger partial charge on any atom is 0.325 e. The van der Waals surface area contributed by atoms with Gasteiger partial charge in [0.1, 0.15) is 5.76 Å². The first kappa shape index (κ1) is 14.8. The second-order valence-electron chi connectivity index (χ2n) is 4.62. The van der Waals surface area contributed by atoms with Crippen molar-refractivity contribution in [2.45, 2.75) is 6.54 Å². The molecule has 21 heavy (non-hydrogen) atoms. The molecule has 0 aliphatic rings. The van der Waals surface area contributed by atoms with Gasteiger partial charge in [-0.3, -0.25) is 15.0 Å². The molecule has 0 aliphatic carbocycles.